The van der Waals surface area contributed by atoms with E-state index in [4.69, 9.17) is 24.3 Å². The molecule has 9 nitrogen and oxygen atoms in total. The number of ether oxygens (including phenoxy) is 2. The lowest BCUT2D eigenvalue weighted by molar-refractivity contribution is -0.161. The Morgan fingerprint density at radius 2 is 0.671 bits per heavy atom. The van der Waals surface area contributed by atoms with Crippen molar-refractivity contribution in [3.05, 3.63) is 85.1 Å². The van der Waals surface area contributed by atoms with Crippen molar-refractivity contribution in [1.29, 1.82) is 0 Å². The Kier molecular flexibility index (Phi) is 65.0. The highest BCUT2D eigenvalue weighted by Gasteiger charge is 2.26. The molecule has 0 spiro atoms. The van der Waals surface area contributed by atoms with E-state index < -0.39 is 32.5 Å². The molecule has 82 heavy (non-hydrogen) atoms. The molecule has 2 atom stereocenters. The summed E-state index contributed by atoms with van der Waals surface area (Å²) >= 11 is 0. The highest BCUT2D eigenvalue weighted by Crippen LogP contribution is 2.43. The van der Waals surface area contributed by atoms with Gasteiger partial charge in [-0.1, -0.05) is 336 Å². The first-order valence-electron chi connectivity index (χ1n) is 34.6. The summed E-state index contributed by atoms with van der Waals surface area (Å²) in [5.41, 5.74) is 5.39. The molecule has 0 radical (unpaired) electrons. The van der Waals surface area contributed by atoms with Gasteiger partial charge in [0.25, 0.3) is 0 Å². The van der Waals surface area contributed by atoms with Gasteiger partial charge in [-0.15, -0.1) is 0 Å². The van der Waals surface area contributed by atoms with E-state index in [-0.39, 0.29) is 32.6 Å². The van der Waals surface area contributed by atoms with Gasteiger partial charge in [0.1, 0.15) is 6.61 Å². The zero-order valence-electron chi connectivity index (χ0n) is 53.5. The van der Waals surface area contributed by atoms with Crippen molar-refractivity contribution in [3.8, 4) is 0 Å². The minimum atomic E-state index is -4.41. The van der Waals surface area contributed by atoms with Crippen molar-refractivity contribution in [2.24, 2.45) is 5.73 Å². The van der Waals surface area contributed by atoms with E-state index in [0.29, 0.717) is 12.8 Å². The molecule has 2 unspecified atom stereocenters. The number of esters is 2. The maximum Gasteiger partial charge on any atom is 0.472 e. The quantitative estimate of drug-likeness (QED) is 0.0264. The van der Waals surface area contributed by atoms with Crippen molar-refractivity contribution in [2.75, 3.05) is 26.4 Å². The van der Waals surface area contributed by atoms with Gasteiger partial charge in [-0.2, -0.15) is 0 Å². The molecule has 476 valence electrons. The van der Waals surface area contributed by atoms with Gasteiger partial charge in [-0.3, -0.25) is 18.6 Å². The number of allylic oxidation sites excluding steroid dienone is 14. The summed E-state index contributed by atoms with van der Waals surface area (Å²) in [5, 5.41) is 0. The predicted octanol–water partition coefficient (Wildman–Crippen LogP) is 22.6. The van der Waals surface area contributed by atoms with Crippen molar-refractivity contribution in [2.45, 2.75) is 335 Å². The van der Waals surface area contributed by atoms with E-state index in [1.807, 2.05) is 6.08 Å². The Morgan fingerprint density at radius 3 is 0.988 bits per heavy atom. The molecule has 0 aliphatic rings. The Balaban J connectivity index is 3.85. The van der Waals surface area contributed by atoms with E-state index in [1.54, 1.807) is 0 Å². The third-order valence-electron chi connectivity index (χ3n) is 15.0. The van der Waals surface area contributed by atoms with Gasteiger partial charge in [-0.05, 0) is 64.2 Å². The van der Waals surface area contributed by atoms with Gasteiger partial charge in [-0.25, -0.2) is 4.57 Å². The predicted molar refractivity (Wildman–Crippen MR) is 353 cm³/mol. The molecule has 3 N–H and O–H groups in total. The third kappa shape index (κ3) is 66.3. The number of unbranched alkanes of at least 4 members (excludes halogenated alkanes) is 38. The fourth-order valence-electron chi connectivity index (χ4n) is 9.98. The number of hydrogen-bond acceptors (Lipinski definition) is 8. The second-order valence-corrected chi connectivity index (χ2v) is 24.5. The Hall–Kier alpha value is -2.81. The van der Waals surface area contributed by atoms with Crippen LogP contribution in [-0.4, -0.2) is 49.3 Å². The minimum absolute atomic E-state index is 0.0412. The first-order chi connectivity index (χ1) is 40.3. The number of phosphoric acid groups is 1. The van der Waals surface area contributed by atoms with Crippen LogP contribution in [0.5, 0.6) is 0 Å². The Bertz CT molecular complexity index is 1620. The Labute approximate surface area is 506 Å². The van der Waals surface area contributed by atoms with Crippen molar-refractivity contribution >= 4 is 19.8 Å². The molecule has 0 aromatic carbocycles. The molecule has 0 bridgehead atoms. The minimum Gasteiger partial charge on any atom is -0.462 e. The summed E-state index contributed by atoms with van der Waals surface area (Å²) in [6.45, 7) is 3.60. The average molecular weight is 1170 g/mol. The number of hydrogen-bond donors (Lipinski definition) is 2. The van der Waals surface area contributed by atoms with Gasteiger partial charge < -0.3 is 20.1 Å². The highest BCUT2D eigenvalue weighted by atomic mass is 31.2. The van der Waals surface area contributed by atoms with Crippen LogP contribution in [0.3, 0.4) is 0 Å². The molecular weight excluding hydrogens is 1040 g/mol. The zero-order chi connectivity index (χ0) is 59.4. The monoisotopic (exact) mass is 1170 g/mol. The number of rotatable bonds is 65. The van der Waals surface area contributed by atoms with Crippen molar-refractivity contribution in [1.82, 2.24) is 0 Å². The second kappa shape index (κ2) is 67.3. The van der Waals surface area contributed by atoms with E-state index in [2.05, 4.69) is 92.8 Å². The number of phosphoric ester groups is 1. The number of carbonyl (C=O) groups is 2. The second-order valence-electron chi connectivity index (χ2n) is 23.0. The van der Waals surface area contributed by atoms with Crippen molar-refractivity contribution in [3.63, 3.8) is 0 Å². The lowest BCUT2D eigenvalue weighted by Gasteiger charge is -2.19. The highest BCUT2D eigenvalue weighted by molar-refractivity contribution is 7.47. The summed E-state index contributed by atoms with van der Waals surface area (Å²) in [6.07, 6.45) is 90.0. The summed E-state index contributed by atoms with van der Waals surface area (Å²) in [4.78, 5) is 35.3. The molecule has 0 rings (SSSR count). The molecule has 0 aromatic rings. The van der Waals surface area contributed by atoms with Gasteiger partial charge in [0.2, 0.25) is 0 Å². The lowest BCUT2D eigenvalue weighted by Crippen LogP contribution is -2.29. The van der Waals surface area contributed by atoms with Crippen LogP contribution in [0.15, 0.2) is 85.1 Å². The molecule has 0 aliphatic heterocycles. The molecule has 0 fully saturated rings. The van der Waals surface area contributed by atoms with Crippen LogP contribution in [0.2, 0.25) is 0 Å². The van der Waals surface area contributed by atoms with Crippen LogP contribution >= 0.6 is 7.82 Å². The van der Waals surface area contributed by atoms with Crippen molar-refractivity contribution < 1.29 is 37.6 Å². The van der Waals surface area contributed by atoms with E-state index in [1.165, 1.54) is 225 Å². The van der Waals surface area contributed by atoms with Crippen LogP contribution < -0.4 is 5.73 Å². The first kappa shape index (κ1) is 79.2. The van der Waals surface area contributed by atoms with Crippen LogP contribution in [0.1, 0.15) is 328 Å². The molecule has 0 heterocycles. The van der Waals surface area contributed by atoms with Crippen LogP contribution in [0, 0.1) is 0 Å². The third-order valence-corrected chi connectivity index (χ3v) is 16.0. The average Bonchev–Trinajstić information content (AvgIpc) is 3.48. The smallest absolute Gasteiger partial charge is 0.462 e. The fourth-order valence-corrected chi connectivity index (χ4v) is 10.7. The standard InChI is InChI=1S/C72H130NO8P/c1-3-5-7-9-11-13-15-17-19-21-23-25-27-28-29-30-31-32-33-34-35-36-37-38-39-40-41-43-44-46-48-50-52-54-56-58-60-62-64-71(74)78-68-70(69-80-82(76,77)79-67-66-73)81-72(75)65-63-61-59-57-55-53-51-49-47-45-42-26-24-22-20-18-16-14-12-10-8-6-4-2/h6,8,12,14,18,20,24,26,45,47,51,53,57,59,70H,3-5,7,9-11,13,15-17,19,21-23,25,27-44,46,48-50,52,54-56,58,60-69,73H2,1-2H3,(H,76,77)/b8-6-,14-12-,20-18-,26-24-,47-45-,53-51-,59-57-. The molecule has 0 saturated heterocycles. The van der Waals surface area contributed by atoms with Gasteiger partial charge in [0, 0.05) is 19.4 Å². The topological polar surface area (TPSA) is 134 Å². The van der Waals surface area contributed by atoms with Crippen LogP contribution in [0.4, 0.5) is 0 Å². The first-order valence-corrected chi connectivity index (χ1v) is 36.1. The summed E-state index contributed by atoms with van der Waals surface area (Å²) < 4.78 is 33.0. The van der Waals surface area contributed by atoms with E-state index in [0.717, 1.165) is 64.2 Å². The van der Waals surface area contributed by atoms with Gasteiger partial charge in [0.05, 0.1) is 13.2 Å². The van der Waals surface area contributed by atoms with Gasteiger partial charge in [0.15, 0.2) is 6.10 Å². The lowest BCUT2D eigenvalue weighted by atomic mass is 10.0. The SMILES string of the molecule is CC/C=C\C/C=C\C/C=C\C/C=C\C/C=C\C/C=C\C/C=C\CCCC(=O)OC(COC(=O)CCCCCCCCCCCCCCCCCCCCCCCCCCCCCCCCCCCCCCCC)COP(=O)(O)OCCN. The molecule has 0 aromatic heterocycles. The van der Waals surface area contributed by atoms with E-state index >= 15 is 0 Å². The maximum absolute atomic E-state index is 12.7. The molecule has 0 saturated carbocycles. The zero-order valence-corrected chi connectivity index (χ0v) is 54.4. The maximum atomic E-state index is 12.7. The van der Waals surface area contributed by atoms with Gasteiger partial charge >= 0.3 is 19.8 Å². The van der Waals surface area contributed by atoms with Crippen LogP contribution in [-0.2, 0) is 32.7 Å². The Morgan fingerprint density at radius 1 is 0.378 bits per heavy atom. The normalized spacial score (nSPS) is 13.5. The molecule has 0 amide bonds. The summed E-state index contributed by atoms with van der Waals surface area (Å²) in [5.74, 6) is -0.890. The number of nitrogens with two attached hydrogens (primary N) is 1. The summed E-state index contributed by atoms with van der Waals surface area (Å²) in [6, 6.07) is 0. The van der Waals surface area contributed by atoms with E-state index in [9.17, 15) is 19.0 Å². The van der Waals surface area contributed by atoms with Crippen LogP contribution in [0.25, 0.3) is 0 Å². The molecule has 0 aliphatic carbocycles. The molecular formula is C72H130NO8P. The summed E-state index contributed by atoms with van der Waals surface area (Å²) in [7, 11) is -4.41. The fraction of sp³-hybridized carbons (Fsp3) is 0.778. The molecule has 10 heteroatoms. The largest absolute Gasteiger partial charge is 0.472 e. The number of carbonyl (C=O) groups excluding carboxylic acids is 2.